The lowest BCUT2D eigenvalue weighted by Gasteiger charge is -1.94. The van der Waals surface area contributed by atoms with Crippen molar-refractivity contribution in [2.45, 2.75) is 26.3 Å². The summed E-state index contributed by atoms with van der Waals surface area (Å²) in [6, 6.07) is 0.493. The number of carbonyl (C=O) groups excluding carboxylic acids is 1. The van der Waals surface area contributed by atoms with Crippen molar-refractivity contribution >= 4 is 5.91 Å². The third-order valence-electron chi connectivity index (χ3n) is 1.50. The molecule has 1 unspecified atom stereocenters. The van der Waals surface area contributed by atoms with Gasteiger partial charge in [-0.05, 0) is 12.3 Å². The molecular formula is C6H11NO. The van der Waals surface area contributed by atoms with Gasteiger partial charge in [0.25, 0.3) is 0 Å². The van der Waals surface area contributed by atoms with Crippen molar-refractivity contribution < 1.29 is 4.79 Å². The SMILES string of the molecule is CC(=O)NC1C[C@@H]1C. The Kier molecular flexibility index (Phi) is 1.24. The van der Waals surface area contributed by atoms with Gasteiger partial charge in [0.05, 0.1) is 0 Å². The fourth-order valence-corrected chi connectivity index (χ4v) is 0.784. The normalized spacial score (nSPS) is 34.2. The maximum atomic E-state index is 10.3. The summed E-state index contributed by atoms with van der Waals surface area (Å²) in [6.45, 7) is 3.70. The average molecular weight is 113 g/mol. The molecule has 1 fully saturated rings. The molecule has 0 aromatic rings. The summed E-state index contributed by atoms with van der Waals surface area (Å²) in [5.74, 6) is 0.818. The zero-order valence-corrected chi connectivity index (χ0v) is 5.27. The maximum Gasteiger partial charge on any atom is 0.217 e. The number of hydrogen-bond donors (Lipinski definition) is 1. The van der Waals surface area contributed by atoms with Gasteiger partial charge in [-0.3, -0.25) is 4.79 Å². The van der Waals surface area contributed by atoms with Crippen LogP contribution in [0.25, 0.3) is 0 Å². The molecule has 2 nitrogen and oxygen atoms in total. The largest absolute Gasteiger partial charge is 0.353 e. The standard InChI is InChI=1S/C6H11NO/c1-4-3-6(4)7-5(2)8/h4,6H,3H2,1-2H3,(H,7,8)/t4-,6?/m0/s1. The second kappa shape index (κ2) is 1.77. The highest BCUT2D eigenvalue weighted by atomic mass is 16.1. The van der Waals surface area contributed by atoms with Gasteiger partial charge in [-0.25, -0.2) is 0 Å². The van der Waals surface area contributed by atoms with Crippen LogP contribution >= 0.6 is 0 Å². The van der Waals surface area contributed by atoms with Gasteiger partial charge in [0.2, 0.25) is 5.91 Å². The van der Waals surface area contributed by atoms with Gasteiger partial charge in [0.1, 0.15) is 0 Å². The second-order valence-electron chi connectivity index (χ2n) is 2.52. The van der Waals surface area contributed by atoms with Crippen LogP contribution in [0.1, 0.15) is 20.3 Å². The van der Waals surface area contributed by atoms with Gasteiger partial charge in [-0.2, -0.15) is 0 Å². The third-order valence-corrected chi connectivity index (χ3v) is 1.50. The van der Waals surface area contributed by atoms with E-state index in [1.807, 2.05) is 0 Å². The Hall–Kier alpha value is -0.530. The number of amides is 1. The Labute approximate surface area is 49.3 Å². The number of carbonyl (C=O) groups is 1. The van der Waals surface area contributed by atoms with Crippen LogP contribution in [0.4, 0.5) is 0 Å². The van der Waals surface area contributed by atoms with Crippen molar-refractivity contribution in [1.82, 2.24) is 5.32 Å². The molecule has 1 amide bonds. The van der Waals surface area contributed by atoms with E-state index in [1.165, 1.54) is 6.42 Å². The van der Waals surface area contributed by atoms with Gasteiger partial charge in [-0.15, -0.1) is 0 Å². The van der Waals surface area contributed by atoms with E-state index in [2.05, 4.69) is 12.2 Å². The lowest BCUT2D eigenvalue weighted by molar-refractivity contribution is -0.119. The van der Waals surface area contributed by atoms with E-state index in [0.717, 1.165) is 5.92 Å². The minimum absolute atomic E-state index is 0.0966. The van der Waals surface area contributed by atoms with Crippen molar-refractivity contribution in [3.63, 3.8) is 0 Å². The second-order valence-corrected chi connectivity index (χ2v) is 2.52. The summed E-state index contributed by atoms with van der Waals surface area (Å²) in [7, 11) is 0. The molecule has 0 bridgehead atoms. The number of nitrogens with one attached hydrogen (secondary N) is 1. The van der Waals surface area contributed by atoms with Crippen LogP contribution < -0.4 is 5.32 Å². The Morgan fingerprint density at radius 1 is 1.75 bits per heavy atom. The van der Waals surface area contributed by atoms with E-state index in [-0.39, 0.29) is 5.91 Å². The van der Waals surface area contributed by atoms with Gasteiger partial charge < -0.3 is 5.32 Å². The van der Waals surface area contributed by atoms with Crippen LogP contribution in [0.5, 0.6) is 0 Å². The molecule has 1 aliphatic carbocycles. The van der Waals surface area contributed by atoms with E-state index in [9.17, 15) is 4.79 Å². The molecule has 0 spiro atoms. The fourth-order valence-electron chi connectivity index (χ4n) is 0.784. The smallest absolute Gasteiger partial charge is 0.217 e. The molecule has 46 valence electrons. The first kappa shape index (κ1) is 5.60. The molecule has 1 N–H and O–H groups in total. The zero-order chi connectivity index (χ0) is 6.15. The highest BCUT2D eigenvalue weighted by molar-refractivity contribution is 5.73. The molecule has 0 radical (unpaired) electrons. The van der Waals surface area contributed by atoms with E-state index < -0.39 is 0 Å². The molecule has 2 atom stereocenters. The fraction of sp³-hybridized carbons (Fsp3) is 0.833. The van der Waals surface area contributed by atoms with Crippen LogP contribution in [0.15, 0.2) is 0 Å². The summed E-state index contributed by atoms with van der Waals surface area (Å²) in [5.41, 5.74) is 0. The summed E-state index contributed by atoms with van der Waals surface area (Å²) >= 11 is 0. The molecule has 0 saturated heterocycles. The maximum absolute atomic E-state index is 10.3. The Morgan fingerprint density at radius 3 is 2.38 bits per heavy atom. The first-order chi connectivity index (χ1) is 3.70. The van der Waals surface area contributed by atoms with Gasteiger partial charge in [0, 0.05) is 13.0 Å². The molecule has 0 aromatic carbocycles. The van der Waals surface area contributed by atoms with Crippen LogP contribution in [-0.4, -0.2) is 11.9 Å². The molecule has 1 saturated carbocycles. The first-order valence-electron chi connectivity index (χ1n) is 2.97. The zero-order valence-electron chi connectivity index (χ0n) is 5.27. The summed E-state index contributed by atoms with van der Waals surface area (Å²) in [6.07, 6.45) is 1.17. The predicted molar refractivity (Wildman–Crippen MR) is 31.4 cm³/mol. The quantitative estimate of drug-likeness (QED) is 0.528. The van der Waals surface area contributed by atoms with Gasteiger partial charge in [0.15, 0.2) is 0 Å². The molecule has 1 aliphatic rings. The van der Waals surface area contributed by atoms with Crippen molar-refractivity contribution in [3.8, 4) is 0 Å². The molecule has 2 heteroatoms. The van der Waals surface area contributed by atoms with Crippen molar-refractivity contribution in [3.05, 3.63) is 0 Å². The lowest BCUT2D eigenvalue weighted by atomic mass is 10.5. The lowest BCUT2D eigenvalue weighted by Crippen LogP contribution is -2.22. The van der Waals surface area contributed by atoms with E-state index >= 15 is 0 Å². The van der Waals surface area contributed by atoms with Crippen LogP contribution in [-0.2, 0) is 4.79 Å². The molecular weight excluding hydrogens is 102 g/mol. The van der Waals surface area contributed by atoms with E-state index in [1.54, 1.807) is 6.92 Å². The highest BCUT2D eigenvalue weighted by Crippen LogP contribution is 2.28. The van der Waals surface area contributed by atoms with Crippen LogP contribution in [0.3, 0.4) is 0 Å². The number of rotatable bonds is 1. The summed E-state index contributed by atoms with van der Waals surface area (Å²) < 4.78 is 0. The summed E-state index contributed by atoms with van der Waals surface area (Å²) in [4.78, 5) is 10.3. The predicted octanol–water partition coefficient (Wildman–Crippen LogP) is 0.531. The Balaban J connectivity index is 2.14. The molecule has 1 rings (SSSR count). The molecule has 8 heavy (non-hydrogen) atoms. The minimum Gasteiger partial charge on any atom is -0.353 e. The highest BCUT2D eigenvalue weighted by Gasteiger charge is 2.32. The minimum atomic E-state index is 0.0966. The molecule has 0 aliphatic heterocycles. The van der Waals surface area contributed by atoms with Crippen molar-refractivity contribution in [2.75, 3.05) is 0 Å². The van der Waals surface area contributed by atoms with Crippen molar-refractivity contribution in [2.24, 2.45) is 5.92 Å². The van der Waals surface area contributed by atoms with Gasteiger partial charge in [-0.1, -0.05) is 6.92 Å². The Morgan fingerprint density at radius 2 is 2.25 bits per heavy atom. The molecule has 0 heterocycles. The number of hydrogen-bond acceptors (Lipinski definition) is 1. The van der Waals surface area contributed by atoms with Gasteiger partial charge >= 0.3 is 0 Å². The average Bonchev–Trinajstić information content (AvgIpc) is 2.17. The Bertz CT molecular complexity index is 111. The summed E-state index contributed by atoms with van der Waals surface area (Å²) in [5, 5.41) is 2.83. The third kappa shape index (κ3) is 1.22. The molecule has 0 aromatic heterocycles. The first-order valence-corrected chi connectivity index (χ1v) is 2.97. The topological polar surface area (TPSA) is 29.1 Å². The van der Waals surface area contributed by atoms with Crippen LogP contribution in [0, 0.1) is 5.92 Å². The van der Waals surface area contributed by atoms with Crippen LogP contribution in [0.2, 0.25) is 0 Å². The monoisotopic (exact) mass is 113 g/mol. The van der Waals surface area contributed by atoms with Crippen molar-refractivity contribution in [1.29, 1.82) is 0 Å². The van der Waals surface area contributed by atoms with E-state index in [4.69, 9.17) is 0 Å². The van der Waals surface area contributed by atoms with E-state index in [0.29, 0.717) is 6.04 Å².